The molecule has 5 nitrogen and oxygen atoms in total. The predicted octanol–water partition coefficient (Wildman–Crippen LogP) is 2.31. The summed E-state index contributed by atoms with van der Waals surface area (Å²) in [7, 11) is -3.43. The summed E-state index contributed by atoms with van der Waals surface area (Å²) in [5.74, 6) is 0.221. The first-order valence-electron chi connectivity index (χ1n) is 7.64. The Morgan fingerprint density at radius 2 is 1.87 bits per heavy atom. The van der Waals surface area contributed by atoms with E-state index >= 15 is 0 Å². The normalized spacial score (nSPS) is 11.9. The fourth-order valence-corrected chi connectivity index (χ4v) is 2.88. The van der Waals surface area contributed by atoms with Gasteiger partial charge in [0.25, 0.3) is 0 Å². The molecule has 0 aliphatic carbocycles. The zero-order valence-electron chi connectivity index (χ0n) is 13.9. The second kappa shape index (κ2) is 9.25. The highest BCUT2D eigenvalue weighted by Gasteiger charge is 2.19. The molecule has 0 aliphatic rings. The standard InChI is InChI=1S/C16H25ClN2O3S/c1-13(2)8-10-18-16(20)12-19(23(3,21)22)11-9-14-4-6-15(17)7-5-14/h4-7,13H,8-12H2,1-3H3,(H,18,20). The predicted molar refractivity (Wildman–Crippen MR) is 94.0 cm³/mol. The minimum atomic E-state index is -3.43. The first-order valence-corrected chi connectivity index (χ1v) is 9.87. The number of halogens is 1. The number of hydrogen-bond donors (Lipinski definition) is 1. The second-order valence-electron chi connectivity index (χ2n) is 6.01. The summed E-state index contributed by atoms with van der Waals surface area (Å²) in [6, 6.07) is 7.23. The summed E-state index contributed by atoms with van der Waals surface area (Å²) in [4.78, 5) is 11.9. The molecule has 1 aromatic carbocycles. The fraction of sp³-hybridized carbons (Fsp3) is 0.562. The number of carbonyl (C=O) groups excluding carboxylic acids is 1. The van der Waals surface area contributed by atoms with Gasteiger partial charge in [0.2, 0.25) is 15.9 Å². The van der Waals surface area contributed by atoms with Crippen LogP contribution in [0.4, 0.5) is 0 Å². The second-order valence-corrected chi connectivity index (χ2v) is 8.42. The van der Waals surface area contributed by atoms with Crippen molar-refractivity contribution in [3.05, 3.63) is 34.9 Å². The molecule has 7 heteroatoms. The molecule has 1 amide bonds. The summed E-state index contributed by atoms with van der Waals surface area (Å²) in [5, 5.41) is 3.40. The zero-order chi connectivity index (χ0) is 17.5. The highest BCUT2D eigenvalue weighted by atomic mass is 35.5. The van der Waals surface area contributed by atoms with Crippen molar-refractivity contribution in [1.82, 2.24) is 9.62 Å². The van der Waals surface area contributed by atoms with Crippen LogP contribution in [0.1, 0.15) is 25.8 Å². The molecule has 0 radical (unpaired) electrons. The number of nitrogens with zero attached hydrogens (tertiary/aromatic N) is 1. The van der Waals surface area contributed by atoms with Gasteiger partial charge in [-0.1, -0.05) is 37.6 Å². The molecular formula is C16H25ClN2O3S. The van der Waals surface area contributed by atoms with Gasteiger partial charge in [-0.3, -0.25) is 4.79 Å². The maximum Gasteiger partial charge on any atom is 0.235 e. The van der Waals surface area contributed by atoms with Crippen molar-refractivity contribution in [1.29, 1.82) is 0 Å². The SMILES string of the molecule is CC(C)CCNC(=O)CN(CCc1ccc(Cl)cc1)S(C)(=O)=O. The van der Waals surface area contributed by atoms with Crippen molar-refractivity contribution >= 4 is 27.5 Å². The molecule has 0 saturated carbocycles. The smallest absolute Gasteiger partial charge is 0.235 e. The molecule has 0 aliphatic heterocycles. The summed E-state index contributed by atoms with van der Waals surface area (Å²) < 4.78 is 24.9. The van der Waals surface area contributed by atoms with Crippen LogP contribution in [0.3, 0.4) is 0 Å². The first kappa shape index (κ1) is 19.9. The molecule has 1 aromatic rings. The number of amides is 1. The van der Waals surface area contributed by atoms with E-state index in [2.05, 4.69) is 19.2 Å². The third-order valence-corrected chi connectivity index (χ3v) is 4.90. The number of rotatable bonds is 9. The molecule has 0 fully saturated rings. The van der Waals surface area contributed by atoms with Gasteiger partial charge in [0, 0.05) is 18.1 Å². The van der Waals surface area contributed by atoms with Crippen molar-refractivity contribution in [2.75, 3.05) is 25.9 Å². The Hall–Kier alpha value is -1.11. The van der Waals surface area contributed by atoms with E-state index in [9.17, 15) is 13.2 Å². The van der Waals surface area contributed by atoms with E-state index in [1.54, 1.807) is 12.1 Å². The number of carbonyl (C=O) groups is 1. The van der Waals surface area contributed by atoms with Crippen LogP contribution in [0.2, 0.25) is 5.02 Å². The molecule has 0 spiro atoms. The van der Waals surface area contributed by atoms with Crippen molar-refractivity contribution in [2.24, 2.45) is 5.92 Å². The number of benzene rings is 1. The lowest BCUT2D eigenvalue weighted by atomic mass is 10.1. The van der Waals surface area contributed by atoms with Crippen LogP contribution < -0.4 is 5.32 Å². The molecule has 0 aromatic heterocycles. The molecule has 0 atom stereocenters. The highest BCUT2D eigenvalue weighted by molar-refractivity contribution is 7.88. The minimum Gasteiger partial charge on any atom is -0.355 e. The number of sulfonamides is 1. The van der Waals surface area contributed by atoms with Crippen LogP contribution in [0.15, 0.2) is 24.3 Å². The zero-order valence-corrected chi connectivity index (χ0v) is 15.5. The van der Waals surface area contributed by atoms with Crippen LogP contribution in [-0.4, -0.2) is 44.5 Å². The summed E-state index contributed by atoms with van der Waals surface area (Å²) in [6.07, 6.45) is 2.52. The Balaban J connectivity index is 2.56. The fourth-order valence-electron chi connectivity index (χ4n) is 1.98. The van der Waals surface area contributed by atoms with Crippen molar-refractivity contribution in [2.45, 2.75) is 26.7 Å². The van der Waals surface area contributed by atoms with Gasteiger partial charge in [-0.2, -0.15) is 4.31 Å². The third-order valence-electron chi connectivity index (χ3n) is 3.40. The van der Waals surface area contributed by atoms with Crippen LogP contribution in [0.5, 0.6) is 0 Å². The molecular weight excluding hydrogens is 336 g/mol. The van der Waals surface area contributed by atoms with Crippen LogP contribution in [0.25, 0.3) is 0 Å². The average molecular weight is 361 g/mol. The topological polar surface area (TPSA) is 66.5 Å². The molecule has 130 valence electrons. The van der Waals surface area contributed by atoms with Gasteiger partial charge in [0.15, 0.2) is 0 Å². The van der Waals surface area contributed by atoms with E-state index in [4.69, 9.17) is 11.6 Å². The third kappa shape index (κ3) is 8.34. The Morgan fingerprint density at radius 1 is 1.26 bits per heavy atom. The van der Waals surface area contributed by atoms with Crippen LogP contribution >= 0.6 is 11.6 Å². The van der Waals surface area contributed by atoms with E-state index in [1.165, 1.54) is 4.31 Å². The van der Waals surface area contributed by atoms with Gasteiger partial charge >= 0.3 is 0 Å². The summed E-state index contributed by atoms with van der Waals surface area (Å²) in [5.41, 5.74) is 0.975. The van der Waals surface area contributed by atoms with E-state index in [0.29, 0.717) is 23.9 Å². The number of hydrogen-bond acceptors (Lipinski definition) is 3. The van der Waals surface area contributed by atoms with Crippen LogP contribution in [0, 0.1) is 5.92 Å². The molecule has 23 heavy (non-hydrogen) atoms. The maximum absolute atomic E-state index is 11.9. The van der Waals surface area contributed by atoms with Gasteiger partial charge in [0.05, 0.1) is 12.8 Å². The molecule has 1 N–H and O–H groups in total. The van der Waals surface area contributed by atoms with Crippen molar-refractivity contribution < 1.29 is 13.2 Å². The average Bonchev–Trinajstić information content (AvgIpc) is 2.43. The summed E-state index contributed by atoms with van der Waals surface area (Å²) >= 11 is 5.83. The highest BCUT2D eigenvalue weighted by Crippen LogP contribution is 2.11. The van der Waals surface area contributed by atoms with Gasteiger partial charge < -0.3 is 5.32 Å². The van der Waals surface area contributed by atoms with Gasteiger partial charge in [-0.05, 0) is 36.5 Å². The Labute approximate surface area is 144 Å². The quantitative estimate of drug-likeness (QED) is 0.734. The molecule has 0 unspecified atom stereocenters. The lowest BCUT2D eigenvalue weighted by Crippen LogP contribution is -2.41. The molecule has 1 rings (SSSR count). The molecule has 0 bridgehead atoms. The van der Waals surface area contributed by atoms with E-state index in [0.717, 1.165) is 18.2 Å². The summed E-state index contributed by atoms with van der Waals surface area (Å²) in [6.45, 7) is 4.82. The van der Waals surface area contributed by atoms with E-state index in [1.807, 2.05) is 12.1 Å². The Morgan fingerprint density at radius 3 is 2.39 bits per heavy atom. The lowest BCUT2D eigenvalue weighted by Gasteiger charge is -2.19. The Kier molecular flexibility index (Phi) is 8.02. The first-order chi connectivity index (χ1) is 10.7. The van der Waals surface area contributed by atoms with Gasteiger partial charge in [-0.15, -0.1) is 0 Å². The Bertz CT molecular complexity index is 600. The van der Waals surface area contributed by atoms with Gasteiger partial charge in [0.1, 0.15) is 0 Å². The lowest BCUT2D eigenvalue weighted by molar-refractivity contribution is -0.121. The monoisotopic (exact) mass is 360 g/mol. The van der Waals surface area contributed by atoms with E-state index < -0.39 is 10.0 Å². The van der Waals surface area contributed by atoms with E-state index in [-0.39, 0.29) is 19.0 Å². The van der Waals surface area contributed by atoms with Crippen molar-refractivity contribution in [3.63, 3.8) is 0 Å². The maximum atomic E-state index is 11.9. The number of nitrogens with one attached hydrogen (secondary N) is 1. The molecule has 0 saturated heterocycles. The molecule has 0 heterocycles. The van der Waals surface area contributed by atoms with Gasteiger partial charge in [-0.25, -0.2) is 8.42 Å². The largest absolute Gasteiger partial charge is 0.355 e. The van der Waals surface area contributed by atoms with Crippen molar-refractivity contribution in [3.8, 4) is 0 Å². The minimum absolute atomic E-state index is 0.148. The van der Waals surface area contributed by atoms with Crippen LogP contribution in [-0.2, 0) is 21.2 Å².